The fraction of sp³-hybridized carbons (Fsp3) is 1.00. The van der Waals surface area contributed by atoms with Gasteiger partial charge in [-0.15, -0.1) is 0 Å². The lowest BCUT2D eigenvalue weighted by Crippen LogP contribution is -2.62. The van der Waals surface area contributed by atoms with Crippen LogP contribution >= 0.6 is 0 Å². The summed E-state index contributed by atoms with van der Waals surface area (Å²) in [5.74, 6) is -18.1. The summed E-state index contributed by atoms with van der Waals surface area (Å²) in [6.45, 7) is 2.74. The Morgan fingerprint density at radius 3 is 1.52 bits per heavy atom. The Hall–Kier alpha value is -0.493. The van der Waals surface area contributed by atoms with Gasteiger partial charge in [0.05, 0.1) is 5.54 Å². The molecule has 0 aliphatic rings. The summed E-state index contributed by atoms with van der Waals surface area (Å²) < 4.78 is 127. The lowest BCUT2D eigenvalue weighted by molar-refractivity contribution is -0.334. The van der Waals surface area contributed by atoms with Crippen molar-refractivity contribution in [3.8, 4) is 0 Å². The van der Waals surface area contributed by atoms with Crippen molar-refractivity contribution in [3.63, 3.8) is 0 Å². The third kappa shape index (κ3) is 4.32. The molecule has 0 aromatic carbocycles. The minimum Gasteiger partial charge on any atom is -0.397 e. The van der Waals surface area contributed by atoms with E-state index in [1.807, 2.05) is 0 Å². The van der Waals surface area contributed by atoms with E-state index in [-0.39, 0.29) is 13.2 Å². The fourth-order valence-electron chi connectivity index (χ4n) is 1.68. The molecule has 23 heavy (non-hydrogen) atoms. The molecule has 0 aliphatic carbocycles. The van der Waals surface area contributed by atoms with E-state index in [0.29, 0.717) is 6.92 Å². The van der Waals surface area contributed by atoms with Gasteiger partial charge in [0.2, 0.25) is 6.17 Å². The first-order valence-corrected chi connectivity index (χ1v) is 8.18. The van der Waals surface area contributed by atoms with Gasteiger partial charge in [0.15, 0.2) is 0 Å². The summed E-state index contributed by atoms with van der Waals surface area (Å²) in [6, 6.07) is 0. The molecule has 12 heteroatoms. The first-order valence-electron chi connectivity index (χ1n) is 6.57. The van der Waals surface area contributed by atoms with E-state index in [1.165, 1.54) is 13.8 Å². The second-order valence-corrected chi connectivity index (χ2v) is 7.03. The molecular formula is C11H17F9O2Si. The van der Waals surface area contributed by atoms with Gasteiger partial charge in [-0.2, -0.15) is 26.3 Å². The summed E-state index contributed by atoms with van der Waals surface area (Å²) >= 11 is 0. The molecule has 0 N–H and O–H groups in total. The Labute approximate surface area is 128 Å². The molecule has 0 fully saturated rings. The Morgan fingerprint density at radius 1 is 0.826 bits per heavy atom. The monoisotopic (exact) mass is 380 g/mol. The summed E-state index contributed by atoms with van der Waals surface area (Å²) in [6.07, 6.45) is -9.29. The first kappa shape index (κ1) is 22.5. The second-order valence-electron chi connectivity index (χ2n) is 4.62. The van der Waals surface area contributed by atoms with E-state index >= 15 is 0 Å². The highest BCUT2D eigenvalue weighted by molar-refractivity contribution is 6.46. The van der Waals surface area contributed by atoms with E-state index in [1.54, 1.807) is 0 Å². The van der Waals surface area contributed by atoms with Gasteiger partial charge < -0.3 is 8.85 Å². The van der Waals surface area contributed by atoms with Crippen LogP contribution in [0.4, 0.5) is 39.5 Å². The fourth-order valence-corrected chi connectivity index (χ4v) is 3.56. The van der Waals surface area contributed by atoms with Crippen molar-refractivity contribution in [2.45, 2.75) is 56.7 Å². The molecule has 2 nitrogen and oxygen atoms in total. The first-order chi connectivity index (χ1) is 10.3. The molecule has 0 bridgehead atoms. The smallest absolute Gasteiger partial charge is 0.375 e. The van der Waals surface area contributed by atoms with Crippen LogP contribution in [-0.4, -0.2) is 52.9 Å². The molecule has 0 aromatic rings. The molecular weight excluding hydrogens is 363 g/mol. The summed E-state index contributed by atoms with van der Waals surface area (Å²) in [5.41, 5.74) is -2.52. The van der Waals surface area contributed by atoms with Gasteiger partial charge in [0.25, 0.3) is 6.43 Å². The quantitative estimate of drug-likeness (QED) is 0.418. The molecule has 0 heterocycles. The average Bonchev–Trinajstić information content (AvgIpc) is 2.44. The maximum absolute atomic E-state index is 13.8. The van der Waals surface area contributed by atoms with Gasteiger partial charge in [-0.05, 0) is 13.8 Å². The zero-order valence-corrected chi connectivity index (χ0v) is 13.6. The highest BCUT2D eigenvalue weighted by atomic mass is 28.3. The SMILES string of the molecule is CCO[SiH](OCC)C(C)C(F)(F)C(F)(F)C(F)(F)C(F)C(F)F. The molecule has 0 aromatic heterocycles. The van der Waals surface area contributed by atoms with Gasteiger partial charge >= 0.3 is 27.1 Å². The van der Waals surface area contributed by atoms with Crippen molar-refractivity contribution in [2.75, 3.05) is 13.2 Å². The summed E-state index contributed by atoms with van der Waals surface area (Å²) in [4.78, 5) is 0. The van der Waals surface area contributed by atoms with Gasteiger partial charge in [-0.3, -0.25) is 0 Å². The van der Waals surface area contributed by atoms with E-state index in [9.17, 15) is 39.5 Å². The maximum Gasteiger partial charge on any atom is 0.375 e. The Bertz CT molecular complexity index is 361. The summed E-state index contributed by atoms with van der Waals surface area (Å²) in [7, 11) is -3.55. The van der Waals surface area contributed by atoms with Crippen LogP contribution in [0.3, 0.4) is 0 Å². The van der Waals surface area contributed by atoms with E-state index in [0.717, 1.165) is 0 Å². The molecule has 0 aliphatic heterocycles. The van der Waals surface area contributed by atoms with Crippen LogP contribution in [-0.2, 0) is 8.85 Å². The van der Waals surface area contributed by atoms with E-state index in [2.05, 4.69) is 0 Å². The van der Waals surface area contributed by atoms with Crippen LogP contribution in [0.1, 0.15) is 20.8 Å². The van der Waals surface area contributed by atoms with Gasteiger partial charge in [0.1, 0.15) is 0 Å². The Balaban J connectivity index is 5.66. The maximum atomic E-state index is 13.8. The predicted octanol–water partition coefficient (Wildman–Crippen LogP) is 4.18. The Kier molecular flexibility index (Phi) is 7.88. The third-order valence-corrected chi connectivity index (χ3v) is 5.61. The normalized spacial score (nSPS) is 17.0. The van der Waals surface area contributed by atoms with Crippen molar-refractivity contribution in [1.82, 2.24) is 0 Å². The molecule has 0 spiro atoms. The largest absolute Gasteiger partial charge is 0.397 e. The summed E-state index contributed by atoms with van der Waals surface area (Å²) in [5, 5.41) is 0. The van der Waals surface area contributed by atoms with Crippen LogP contribution in [0.25, 0.3) is 0 Å². The molecule has 2 unspecified atom stereocenters. The highest BCUT2D eigenvalue weighted by Crippen LogP contribution is 2.54. The topological polar surface area (TPSA) is 18.5 Å². The highest BCUT2D eigenvalue weighted by Gasteiger charge is 2.78. The number of halogens is 9. The predicted molar refractivity (Wildman–Crippen MR) is 65.6 cm³/mol. The van der Waals surface area contributed by atoms with Gasteiger partial charge in [0, 0.05) is 13.2 Å². The van der Waals surface area contributed by atoms with Crippen LogP contribution in [0.5, 0.6) is 0 Å². The van der Waals surface area contributed by atoms with E-state index in [4.69, 9.17) is 8.85 Å². The standard InChI is InChI=1S/C11H17F9O2Si/c1-4-21-23(22-5-2)6(3)9(15,16)11(19,20)10(17,18)7(12)8(13)14/h6-8,23H,4-5H2,1-3H3. The molecule has 0 rings (SSSR count). The zero-order valence-electron chi connectivity index (χ0n) is 12.4. The van der Waals surface area contributed by atoms with Crippen LogP contribution in [0, 0.1) is 0 Å². The van der Waals surface area contributed by atoms with Crippen molar-refractivity contribution in [1.29, 1.82) is 0 Å². The van der Waals surface area contributed by atoms with Crippen LogP contribution in [0.15, 0.2) is 0 Å². The average molecular weight is 380 g/mol. The molecule has 0 saturated heterocycles. The third-order valence-electron chi connectivity index (χ3n) is 3.05. The molecule has 140 valence electrons. The van der Waals surface area contributed by atoms with Crippen LogP contribution < -0.4 is 0 Å². The number of alkyl halides is 9. The van der Waals surface area contributed by atoms with Crippen molar-refractivity contribution < 1.29 is 48.4 Å². The lowest BCUT2D eigenvalue weighted by Gasteiger charge is -2.38. The number of hydrogen-bond donors (Lipinski definition) is 0. The van der Waals surface area contributed by atoms with Crippen molar-refractivity contribution in [2.24, 2.45) is 0 Å². The Morgan fingerprint density at radius 2 is 1.22 bits per heavy atom. The van der Waals surface area contributed by atoms with Crippen molar-refractivity contribution in [3.05, 3.63) is 0 Å². The second kappa shape index (κ2) is 8.06. The number of hydrogen-bond acceptors (Lipinski definition) is 2. The molecule has 0 saturated carbocycles. The minimum absolute atomic E-state index is 0.206. The zero-order chi connectivity index (χ0) is 18.6. The van der Waals surface area contributed by atoms with Gasteiger partial charge in [-0.1, -0.05) is 6.92 Å². The minimum atomic E-state index is -6.35. The molecule has 0 radical (unpaired) electrons. The number of rotatable bonds is 10. The van der Waals surface area contributed by atoms with E-state index < -0.39 is 45.2 Å². The van der Waals surface area contributed by atoms with Crippen LogP contribution in [0.2, 0.25) is 5.54 Å². The van der Waals surface area contributed by atoms with Crippen molar-refractivity contribution >= 4 is 9.28 Å². The lowest BCUT2D eigenvalue weighted by atomic mass is 9.98. The molecule has 2 atom stereocenters. The van der Waals surface area contributed by atoms with Gasteiger partial charge in [-0.25, -0.2) is 13.2 Å². The molecule has 0 amide bonds.